The van der Waals surface area contributed by atoms with Crippen molar-refractivity contribution < 1.29 is 18.0 Å². The van der Waals surface area contributed by atoms with E-state index in [1.807, 2.05) is 30.4 Å². The molecule has 4 rings (SSSR count). The second kappa shape index (κ2) is 9.14. The van der Waals surface area contributed by atoms with Crippen molar-refractivity contribution in [1.29, 1.82) is 0 Å². The lowest BCUT2D eigenvalue weighted by Crippen LogP contribution is -2.57. The van der Waals surface area contributed by atoms with Gasteiger partial charge in [-0.25, -0.2) is 13.2 Å². The molecule has 7 heteroatoms. The summed E-state index contributed by atoms with van der Waals surface area (Å²) in [6.45, 7) is 3.58. The molecule has 1 heterocycles. The molecule has 2 N–H and O–H groups in total. The van der Waals surface area contributed by atoms with Crippen LogP contribution in [0, 0.1) is 23.6 Å². The summed E-state index contributed by atoms with van der Waals surface area (Å²) in [7, 11) is 1.70. The van der Waals surface area contributed by atoms with E-state index >= 15 is 0 Å². The van der Waals surface area contributed by atoms with Crippen LogP contribution in [0.15, 0.2) is 61.4 Å². The summed E-state index contributed by atoms with van der Waals surface area (Å²) in [6, 6.07) is 9.98. The number of halogens is 3. The fourth-order valence-corrected chi connectivity index (χ4v) is 5.56. The molecule has 4 unspecified atom stereocenters. The lowest BCUT2D eigenvalue weighted by molar-refractivity contribution is -0.127. The maximum atomic E-state index is 14.1. The van der Waals surface area contributed by atoms with Gasteiger partial charge in [0.15, 0.2) is 0 Å². The monoisotopic (exact) mass is 455 g/mol. The van der Waals surface area contributed by atoms with Gasteiger partial charge < -0.3 is 10.6 Å². The summed E-state index contributed by atoms with van der Waals surface area (Å²) in [5, 5.41) is 5.82. The number of pyridine rings is 1. The van der Waals surface area contributed by atoms with E-state index < -0.39 is 11.5 Å². The topological polar surface area (TPSA) is 54.0 Å². The van der Waals surface area contributed by atoms with Gasteiger partial charge in [-0.3, -0.25) is 9.78 Å². The van der Waals surface area contributed by atoms with Gasteiger partial charge in [0.1, 0.15) is 11.4 Å². The molecule has 2 fully saturated rings. The van der Waals surface area contributed by atoms with Gasteiger partial charge in [0.25, 0.3) is 0 Å². The molecule has 0 aliphatic heterocycles. The van der Waals surface area contributed by atoms with Crippen LogP contribution in [0.3, 0.4) is 0 Å². The molecule has 1 aromatic heterocycles. The molecule has 4 atom stereocenters. The Morgan fingerprint density at radius 3 is 2.70 bits per heavy atom. The molecule has 0 bridgehead atoms. The molecule has 174 valence electrons. The van der Waals surface area contributed by atoms with Gasteiger partial charge in [0, 0.05) is 30.5 Å². The van der Waals surface area contributed by atoms with E-state index in [2.05, 4.69) is 22.2 Å². The van der Waals surface area contributed by atoms with Crippen LogP contribution < -0.4 is 10.6 Å². The first kappa shape index (κ1) is 23.2. The van der Waals surface area contributed by atoms with Crippen LogP contribution in [0.2, 0.25) is 0 Å². The summed E-state index contributed by atoms with van der Waals surface area (Å²) < 4.78 is 41.8. The molecular formula is C26H28F3N3O. The first-order valence-electron chi connectivity index (χ1n) is 11.2. The molecule has 1 amide bonds. The van der Waals surface area contributed by atoms with E-state index in [9.17, 15) is 18.0 Å². The third kappa shape index (κ3) is 4.60. The van der Waals surface area contributed by atoms with Gasteiger partial charge in [0.05, 0.1) is 5.69 Å². The maximum Gasteiger partial charge on any atom is 0.248 e. The van der Waals surface area contributed by atoms with Crippen molar-refractivity contribution >= 4 is 12.0 Å². The Bertz CT molecular complexity index is 1050. The van der Waals surface area contributed by atoms with Gasteiger partial charge in [-0.15, -0.1) is 0 Å². The van der Waals surface area contributed by atoms with E-state index in [0.29, 0.717) is 18.5 Å². The number of aromatic nitrogens is 1. The molecule has 2 aliphatic carbocycles. The normalized spacial score (nSPS) is 28.4. The molecule has 1 aromatic carbocycles. The number of amides is 1. The zero-order valence-electron chi connectivity index (χ0n) is 18.5. The number of likely N-dealkylation sites (N-methyl/N-ethyl adjacent to an activating group) is 1. The van der Waals surface area contributed by atoms with E-state index in [4.69, 9.17) is 0 Å². The molecule has 0 radical (unpaired) electrons. The minimum atomic E-state index is -2.69. The van der Waals surface area contributed by atoms with Gasteiger partial charge >= 0.3 is 0 Å². The molecule has 4 nitrogen and oxygen atoms in total. The number of fused-ring (bicyclic) bond motifs is 1. The maximum absolute atomic E-state index is 14.1. The third-order valence-corrected chi connectivity index (χ3v) is 7.13. The Morgan fingerprint density at radius 2 is 2.03 bits per heavy atom. The van der Waals surface area contributed by atoms with Crippen LogP contribution in [0.4, 0.5) is 13.2 Å². The highest BCUT2D eigenvalue weighted by Gasteiger charge is 2.59. The largest absolute Gasteiger partial charge is 0.332 e. The second-order valence-electron chi connectivity index (χ2n) is 8.99. The SMILES string of the molecule is C=CNC(=O)C1(NC)CC2CC(F)(F)CCC2C1/C=C/c1ccc(-c2cccc(F)c2)cn1. The number of benzene rings is 1. The molecule has 2 aromatic rings. The van der Waals surface area contributed by atoms with Crippen LogP contribution in [0.5, 0.6) is 0 Å². The Kier molecular flexibility index (Phi) is 6.43. The zero-order chi connectivity index (χ0) is 23.6. The standard InChI is InChI=1S/C26H28F3N3O/c1-3-31-24(33)26(30-2)15-19-14-25(28,29)12-11-22(19)23(26)10-9-21-8-7-18(16-32-21)17-5-4-6-20(27)13-17/h3-10,13,16,19,22-23,30H,1,11-12,14-15H2,2H3,(H,31,33)/b10-9+. The van der Waals surface area contributed by atoms with Crippen molar-refractivity contribution in [2.75, 3.05) is 7.05 Å². The fraction of sp³-hybridized carbons (Fsp3) is 0.385. The number of alkyl halides is 2. The van der Waals surface area contributed by atoms with E-state index in [1.54, 1.807) is 19.3 Å². The predicted molar refractivity (Wildman–Crippen MR) is 123 cm³/mol. The number of carbonyl (C=O) groups is 1. The first-order chi connectivity index (χ1) is 15.8. The zero-order valence-corrected chi connectivity index (χ0v) is 18.5. The average molecular weight is 456 g/mol. The molecule has 0 saturated heterocycles. The summed E-state index contributed by atoms with van der Waals surface area (Å²) in [6.07, 6.45) is 7.09. The first-order valence-corrected chi connectivity index (χ1v) is 11.2. The van der Waals surface area contributed by atoms with Gasteiger partial charge in [-0.2, -0.15) is 0 Å². The van der Waals surface area contributed by atoms with E-state index in [0.717, 1.165) is 11.1 Å². The van der Waals surface area contributed by atoms with Gasteiger partial charge in [-0.1, -0.05) is 30.9 Å². The van der Waals surface area contributed by atoms with Crippen molar-refractivity contribution in [3.8, 4) is 11.1 Å². The Hall–Kier alpha value is -2.93. The Labute approximate surface area is 192 Å². The van der Waals surface area contributed by atoms with Crippen molar-refractivity contribution in [1.82, 2.24) is 15.6 Å². The van der Waals surface area contributed by atoms with Gasteiger partial charge in [-0.05, 0) is 67.8 Å². The van der Waals surface area contributed by atoms with E-state index in [-0.39, 0.29) is 42.3 Å². The van der Waals surface area contributed by atoms with Crippen molar-refractivity contribution in [3.63, 3.8) is 0 Å². The number of carbonyl (C=O) groups excluding carboxylic acids is 1. The smallest absolute Gasteiger partial charge is 0.248 e. The summed E-state index contributed by atoms with van der Waals surface area (Å²) in [5.74, 6) is -3.82. The third-order valence-electron chi connectivity index (χ3n) is 7.13. The average Bonchev–Trinajstić information content (AvgIpc) is 3.10. The highest BCUT2D eigenvalue weighted by Crippen LogP contribution is 2.55. The lowest BCUT2D eigenvalue weighted by atomic mass is 9.75. The number of nitrogens with one attached hydrogen (secondary N) is 2. The number of nitrogens with zero attached hydrogens (tertiary/aromatic N) is 1. The minimum absolute atomic E-state index is 0.0320. The number of hydrogen-bond acceptors (Lipinski definition) is 3. The lowest BCUT2D eigenvalue weighted by Gasteiger charge is -2.35. The Balaban J connectivity index is 1.61. The highest BCUT2D eigenvalue weighted by atomic mass is 19.3. The fourth-order valence-electron chi connectivity index (χ4n) is 5.56. The summed E-state index contributed by atoms with van der Waals surface area (Å²) in [4.78, 5) is 17.5. The van der Waals surface area contributed by atoms with Crippen molar-refractivity contribution in [3.05, 3.63) is 73.0 Å². The quantitative estimate of drug-likeness (QED) is 0.630. The van der Waals surface area contributed by atoms with Crippen LogP contribution in [0.1, 0.15) is 31.4 Å². The number of hydrogen-bond donors (Lipinski definition) is 2. The predicted octanol–water partition coefficient (Wildman–Crippen LogP) is 5.19. The molecule has 0 spiro atoms. The molecule has 33 heavy (non-hydrogen) atoms. The highest BCUT2D eigenvalue weighted by molar-refractivity contribution is 5.88. The van der Waals surface area contributed by atoms with Crippen LogP contribution >= 0.6 is 0 Å². The van der Waals surface area contributed by atoms with Crippen LogP contribution in [-0.4, -0.2) is 29.4 Å². The van der Waals surface area contributed by atoms with Crippen molar-refractivity contribution in [2.45, 2.75) is 37.1 Å². The molecular weight excluding hydrogens is 427 g/mol. The number of rotatable bonds is 6. The molecule has 2 aliphatic rings. The Morgan fingerprint density at radius 1 is 1.21 bits per heavy atom. The second-order valence-corrected chi connectivity index (χ2v) is 8.99. The van der Waals surface area contributed by atoms with Crippen LogP contribution in [-0.2, 0) is 4.79 Å². The van der Waals surface area contributed by atoms with Gasteiger partial charge in [0.2, 0.25) is 11.8 Å². The van der Waals surface area contributed by atoms with E-state index in [1.165, 1.54) is 18.3 Å². The summed E-state index contributed by atoms with van der Waals surface area (Å²) in [5.41, 5.74) is 1.20. The van der Waals surface area contributed by atoms with Crippen LogP contribution in [0.25, 0.3) is 17.2 Å². The molecule has 2 saturated carbocycles. The minimum Gasteiger partial charge on any atom is -0.332 e. The van der Waals surface area contributed by atoms with Crippen molar-refractivity contribution in [2.24, 2.45) is 17.8 Å². The summed E-state index contributed by atoms with van der Waals surface area (Å²) >= 11 is 0.